The van der Waals surface area contributed by atoms with Gasteiger partial charge in [-0.25, -0.2) is 0 Å². The molecule has 2 unspecified atom stereocenters. The molecule has 0 aromatic heterocycles. The molecule has 0 N–H and O–H groups in total. The number of rotatable bonds is 1. The minimum Gasteiger partial charge on any atom is -0.0625 e. The monoisotopic (exact) mass is 208 g/mol. The van der Waals surface area contributed by atoms with Crippen molar-refractivity contribution in [2.24, 2.45) is 23.7 Å². The maximum Gasteiger partial charge on any atom is -0.0381 e. The van der Waals surface area contributed by atoms with Crippen molar-refractivity contribution in [1.29, 1.82) is 0 Å². The lowest BCUT2D eigenvalue weighted by molar-refractivity contribution is 0.201. The minimum atomic E-state index is 1.00. The van der Waals surface area contributed by atoms with Crippen LogP contribution in [-0.2, 0) is 0 Å². The Labute approximate surface area is 95.8 Å². The predicted octanol–water partition coefficient (Wildman–Crippen LogP) is 5.03. The molecule has 0 heteroatoms. The summed E-state index contributed by atoms with van der Waals surface area (Å²) in [6, 6.07) is 0. The normalized spacial score (nSPS) is 40.0. The second-order valence-corrected chi connectivity index (χ2v) is 6.42. The van der Waals surface area contributed by atoms with E-state index in [9.17, 15) is 0 Å². The van der Waals surface area contributed by atoms with Crippen molar-refractivity contribution in [2.45, 2.75) is 71.6 Å². The van der Waals surface area contributed by atoms with Crippen molar-refractivity contribution in [1.82, 2.24) is 0 Å². The summed E-state index contributed by atoms with van der Waals surface area (Å²) in [5, 5.41) is 0. The zero-order valence-electron chi connectivity index (χ0n) is 10.7. The summed E-state index contributed by atoms with van der Waals surface area (Å²) in [5.74, 6) is 4.18. The Morgan fingerprint density at radius 2 is 1.13 bits per heavy atom. The van der Waals surface area contributed by atoms with E-state index >= 15 is 0 Å². The Morgan fingerprint density at radius 3 is 1.67 bits per heavy atom. The van der Waals surface area contributed by atoms with Crippen LogP contribution in [0.5, 0.6) is 0 Å². The fourth-order valence-electron chi connectivity index (χ4n) is 3.93. The van der Waals surface area contributed by atoms with Crippen LogP contribution in [0.3, 0.4) is 0 Å². The third-order valence-corrected chi connectivity index (χ3v) is 4.88. The summed E-state index contributed by atoms with van der Waals surface area (Å²) in [7, 11) is 0. The molecule has 2 fully saturated rings. The fraction of sp³-hybridized carbons (Fsp3) is 1.00. The summed E-state index contributed by atoms with van der Waals surface area (Å²) >= 11 is 0. The van der Waals surface area contributed by atoms with Crippen LogP contribution in [-0.4, -0.2) is 0 Å². The molecule has 0 amide bonds. The van der Waals surface area contributed by atoms with Crippen LogP contribution in [0.25, 0.3) is 0 Å². The first-order chi connectivity index (χ1) is 7.25. The van der Waals surface area contributed by atoms with Crippen LogP contribution in [0.2, 0.25) is 0 Å². The van der Waals surface area contributed by atoms with E-state index in [1.807, 2.05) is 0 Å². The molecule has 0 aromatic carbocycles. The molecular weight excluding hydrogens is 180 g/mol. The van der Waals surface area contributed by atoms with E-state index in [0.717, 1.165) is 23.7 Å². The van der Waals surface area contributed by atoms with Gasteiger partial charge in [0, 0.05) is 0 Å². The smallest absolute Gasteiger partial charge is 0.0381 e. The maximum absolute atomic E-state index is 2.48. The summed E-state index contributed by atoms with van der Waals surface area (Å²) in [4.78, 5) is 0. The SMILES string of the molecule is CC1CCC(C)CC(C2CCCCC2)C1. The number of hydrogen-bond acceptors (Lipinski definition) is 0. The largest absolute Gasteiger partial charge is 0.0625 e. The fourth-order valence-corrected chi connectivity index (χ4v) is 3.93. The first kappa shape index (κ1) is 11.5. The summed E-state index contributed by atoms with van der Waals surface area (Å²) in [6.45, 7) is 4.96. The summed E-state index contributed by atoms with van der Waals surface area (Å²) < 4.78 is 0. The molecule has 2 aliphatic rings. The third-order valence-electron chi connectivity index (χ3n) is 4.88. The molecule has 0 spiro atoms. The lowest BCUT2D eigenvalue weighted by atomic mass is 9.74. The molecule has 0 saturated heterocycles. The van der Waals surface area contributed by atoms with E-state index in [-0.39, 0.29) is 0 Å². The van der Waals surface area contributed by atoms with E-state index in [1.54, 1.807) is 12.8 Å². The summed E-state index contributed by atoms with van der Waals surface area (Å²) in [6.07, 6.45) is 13.7. The van der Waals surface area contributed by atoms with E-state index < -0.39 is 0 Å². The molecule has 2 saturated carbocycles. The third kappa shape index (κ3) is 3.23. The highest BCUT2D eigenvalue weighted by Gasteiger charge is 2.28. The molecular formula is C15H28. The summed E-state index contributed by atoms with van der Waals surface area (Å²) in [5.41, 5.74) is 0. The van der Waals surface area contributed by atoms with Gasteiger partial charge < -0.3 is 0 Å². The average Bonchev–Trinajstić information content (AvgIpc) is 2.42. The average molecular weight is 208 g/mol. The molecule has 0 aromatic rings. The Morgan fingerprint density at radius 1 is 0.600 bits per heavy atom. The molecule has 0 nitrogen and oxygen atoms in total. The van der Waals surface area contributed by atoms with E-state index in [1.165, 1.54) is 44.9 Å². The van der Waals surface area contributed by atoms with Crippen molar-refractivity contribution in [3.63, 3.8) is 0 Å². The molecule has 2 atom stereocenters. The van der Waals surface area contributed by atoms with E-state index in [0.29, 0.717) is 0 Å². The van der Waals surface area contributed by atoms with Gasteiger partial charge in [-0.1, -0.05) is 58.8 Å². The minimum absolute atomic E-state index is 1.00. The van der Waals surface area contributed by atoms with Gasteiger partial charge in [-0.15, -0.1) is 0 Å². The van der Waals surface area contributed by atoms with Gasteiger partial charge in [-0.05, 0) is 36.5 Å². The zero-order valence-corrected chi connectivity index (χ0v) is 10.7. The molecule has 88 valence electrons. The lowest BCUT2D eigenvalue weighted by Gasteiger charge is -2.31. The van der Waals surface area contributed by atoms with Crippen LogP contribution < -0.4 is 0 Å². The van der Waals surface area contributed by atoms with Gasteiger partial charge in [0.25, 0.3) is 0 Å². The highest BCUT2D eigenvalue weighted by atomic mass is 14.3. The molecule has 0 radical (unpaired) electrons. The molecule has 2 rings (SSSR count). The van der Waals surface area contributed by atoms with Gasteiger partial charge in [0.1, 0.15) is 0 Å². The maximum atomic E-state index is 2.48. The molecule has 0 heterocycles. The topological polar surface area (TPSA) is 0 Å². The molecule has 0 bridgehead atoms. The molecule has 15 heavy (non-hydrogen) atoms. The van der Waals surface area contributed by atoms with Crippen LogP contribution in [0.15, 0.2) is 0 Å². The van der Waals surface area contributed by atoms with Crippen LogP contribution in [0.4, 0.5) is 0 Å². The molecule has 2 aliphatic carbocycles. The Hall–Kier alpha value is 0. The van der Waals surface area contributed by atoms with Crippen molar-refractivity contribution in [3.8, 4) is 0 Å². The quantitative estimate of drug-likeness (QED) is 0.530. The van der Waals surface area contributed by atoms with Gasteiger partial charge in [0.05, 0.1) is 0 Å². The highest BCUT2D eigenvalue weighted by molar-refractivity contribution is 4.80. The Bertz CT molecular complexity index is 166. The van der Waals surface area contributed by atoms with Crippen molar-refractivity contribution in [3.05, 3.63) is 0 Å². The van der Waals surface area contributed by atoms with Crippen LogP contribution in [0, 0.1) is 23.7 Å². The number of hydrogen-bond donors (Lipinski definition) is 0. The van der Waals surface area contributed by atoms with Crippen molar-refractivity contribution >= 4 is 0 Å². The Kier molecular flexibility index (Phi) is 4.11. The molecule has 0 aliphatic heterocycles. The van der Waals surface area contributed by atoms with Crippen molar-refractivity contribution in [2.75, 3.05) is 0 Å². The predicted molar refractivity (Wildman–Crippen MR) is 66.9 cm³/mol. The van der Waals surface area contributed by atoms with Crippen LogP contribution in [0.1, 0.15) is 71.6 Å². The lowest BCUT2D eigenvalue weighted by Crippen LogP contribution is -2.20. The second kappa shape index (κ2) is 5.37. The van der Waals surface area contributed by atoms with E-state index in [2.05, 4.69) is 13.8 Å². The van der Waals surface area contributed by atoms with Crippen molar-refractivity contribution < 1.29 is 0 Å². The zero-order chi connectivity index (χ0) is 10.7. The van der Waals surface area contributed by atoms with E-state index in [4.69, 9.17) is 0 Å². The van der Waals surface area contributed by atoms with Gasteiger partial charge in [-0.3, -0.25) is 0 Å². The van der Waals surface area contributed by atoms with Crippen LogP contribution >= 0.6 is 0 Å². The standard InChI is InChI=1S/C15H28/c1-12-8-9-13(2)11-15(10-12)14-6-4-3-5-7-14/h12-15H,3-11H2,1-2H3. The highest BCUT2D eigenvalue weighted by Crippen LogP contribution is 2.40. The second-order valence-electron chi connectivity index (χ2n) is 6.42. The first-order valence-electron chi connectivity index (χ1n) is 7.25. The van der Waals surface area contributed by atoms with Gasteiger partial charge >= 0.3 is 0 Å². The Balaban J connectivity index is 1.92. The first-order valence-corrected chi connectivity index (χ1v) is 7.25. The van der Waals surface area contributed by atoms with Gasteiger partial charge in [0.15, 0.2) is 0 Å². The van der Waals surface area contributed by atoms with Gasteiger partial charge in [-0.2, -0.15) is 0 Å². The van der Waals surface area contributed by atoms with Gasteiger partial charge in [0.2, 0.25) is 0 Å².